The molecule has 0 saturated carbocycles. The van der Waals surface area contributed by atoms with Gasteiger partial charge >= 0.3 is 0 Å². The Morgan fingerprint density at radius 2 is 2.00 bits per heavy atom. The topological polar surface area (TPSA) is 29.5 Å². The lowest BCUT2D eigenvalue weighted by Crippen LogP contribution is -2.13. The molecule has 0 aliphatic carbocycles. The highest BCUT2D eigenvalue weighted by Crippen LogP contribution is 2.26. The third-order valence-corrected chi connectivity index (χ3v) is 2.83. The largest absolute Gasteiger partial charge is 0.392 e. The van der Waals surface area contributed by atoms with Crippen LogP contribution in [0.2, 0.25) is 5.02 Å². The number of aliphatic hydroxyl groups excluding tert-OH is 1. The molecular formula is C12H13ClO2. The Balaban J connectivity index is 2.35. The van der Waals surface area contributed by atoms with Crippen LogP contribution in [0.5, 0.6) is 0 Å². The summed E-state index contributed by atoms with van der Waals surface area (Å²) < 4.78 is 5.30. The van der Waals surface area contributed by atoms with Crippen LogP contribution in [-0.4, -0.2) is 24.9 Å². The van der Waals surface area contributed by atoms with E-state index in [-0.39, 0.29) is 6.61 Å². The van der Waals surface area contributed by atoms with E-state index in [4.69, 9.17) is 16.3 Å². The van der Waals surface area contributed by atoms with Crippen LogP contribution in [0.3, 0.4) is 0 Å². The first-order valence-electron chi connectivity index (χ1n) is 4.96. The summed E-state index contributed by atoms with van der Waals surface area (Å²) in [5.74, 6) is 0. The fourth-order valence-corrected chi connectivity index (χ4v) is 1.90. The third kappa shape index (κ3) is 2.40. The van der Waals surface area contributed by atoms with E-state index in [2.05, 4.69) is 0 Å². The molecule has 0 radical (unpaired) electrons. The standard InChI is InChI=1S/C12H13ClO2/c13-11-3-1-9(2-4-11)12-5-6-15-8-10(12)7-14/h1-4,14H,5-8H2. The van der Waals surface area contributed by atoms with Crippen LogP contribution in [-0.2, 0) is 4.74 Å². The molecule has 1 aliphatic heterocycles. The van der Waals surface area contributed by atoms with Crippen molar-refractivity contribution in [3.63, 3.8) is 0 Å². The molecule has 0 fully saturated rings. The van der Waals surface area contributed by atoms with E-state index in [9.17, 15) is 5.11 Å². The van der Waals surface area contributed by atoms with Crippen LogP contribution >= 0.6 is 11.6 Å². The average Bonchev–Trinajstić information content (AvgIpc) is 2.30. The fraction of sp³-hybridized carbons (Fsp3) is 0.333. The van der Waals surface area contributed by atoms with Gasteiger partial charge in [-0.3, -0.25) is 0 Å². The minimum absolute atomic E-state index is 0.0674. The SMILES string of the molecule is OCC1=C(c2ccc(Cl)cc2)CCOC1. The second-order valence-electron chi connectivity index (χ2n) is 3.55. The molecule has 2 rings (SSSR count). The summed E-state index contributed by atoms with van der Waals surface area (Å²) in [6, 6.07) is 7.71. The summed E-state index contributed by atoms with van der Waals surface area (Å²) in [7, 11) is 0. The summed E-state index contributed by atoms with van der Waals surface area (Å²) in [5, 5.41) is 9.95. The van der Waals surface area contributed by atoms with Crippen molar-refractivity contribution >= 4 is 17.2 Å². The van der Waals surface area contributed by atoms with Gasteiger partial charge in [0, 0.05) is 5.02 Å². The monoisotopic (exact) mass is 224 g/mol. The predicted molar refractivity (Wildman–Crippen MR) is 60.9 cm³/mol. The molecule has 1 N–H and O–H groups in total. The molecule has 15 heavy (non-hydrogen) atoms. The van der Waals surface area contributed by atoms with Gasteiger partial charge in [0.2, 0.25) is 0 Å². The van der Waals surface area contributed by atoms with Crippen molar-refractivity contribution in [1.82, 2.24) is 0 Å². The van der Waals surface area contributed by atoms with Crippen LogP contribution in [0.4, 0.5) is 0 Å². The van der Waals surface area contributed by atoms with Gasteiger partial charge in [-0.25, -0.2) is 0 Å². The maximum absolute atomic E-state index is 9.21. The Morgan fingerprint density at radius 1 is 1.27 bits per heavy atom. The van der Waals surface area contributed by atoms with Crippen molar-refractivity contribution in [3.8, 4) is 0 Å². The molecule has 0 saturated heterocycles. The molecule has 1 heterocycles. The summed E-state index contributed by atoms with van der Waals surface area (Å²) in [4.78, 5) is 0. The molecule has 0 unspecified atom stereocenters. The first kappa shape index (κ1) is 10.7. The number of halogens is 1. The van der Waals surface area contributed by atoms with Crippen LogP contribution < -0.4 is 0 Å². The highest BCUT2D eigenvalue weighted by Gasteiger charge is 2.13. The molecular weight excluding hydrogens is 212 g/mol. The first-order chi connectivity index (χ1) is 7.31. The van der Waals surface area contributed by atoms with E-state index in [0.29, 0.717) is 6.61 Å². The van der Waals surface area contributed by atoms with E-state index < -0.39 is 0 Å². The molecule has 0 bridgehead atoms. The van der Waals surface area contributed by atoms with Crippen molar-refractivity contribution < 1.29 is 9.84 Å². The van der Waals surface area contributed by atoms with Crippen molar-refractivity contribution in [2.75, 3.05) is 19.8 Å². The normalized spacial score (nSPS) is 16.9. The van der Waals surface area contributed by atoms with Crippen molar-refractivity contribution in [2.45, 2.75) is 6.42 Å². The van der Waals surface area contributed by atoms with E-state index in [1.807, 2.05) is 24.3 Å². The Labute approximate surface area is 94.1 Å². The van der Waals surface area contributed by atoms with Crippen molar-refractivity contribution in [2.24, 2.45) is 0 Å². The van der Waals surface area contributed by atoms with Gasteiger partial charge in [-0.2, -0.15) is 0 Å². The zero-order valence-electron chi connectivity index (χ0n) is 8.37. The third-order valence-electron chi connectivity index (χ3n) is 2.58. The van der Waals surface area contributed by atoms with Gasteiger partial charge in [-0.05, 0) is 35.3 Å². The highest BCUT2D eigenvalue weighted by atomic mass is 35.5. The van der Waals surface area contributed by atoms with Gasteiger partial charge in [0.15, 0.2) is 0 Å². The Bertz CT molecular complexity index is 368. The van der Waals surface area contributed by atoms with Gasteiger partial charge in [-0.15, -0.1) is 0 Å². The first-order valence-corrected chi connectivity index (χ1v) is 5.34. The maximum Gasteiger partial charge on any atom is 0.0704 e. The number of hydrogen-bond acceptors (Lipinski definition) is 2. The number of rotatable bonds is 2. The van der Waals surface area contributed by atoms with E-state index in [1.54, 1.807) is 0 Å². The molecule has 1 aromatic rings. The van der Waals surface area contributed by atoms with Gasteiger partial charge < -0.3 is 9.84 Å². The Kier molecular flexibility index (Phi) is 3.41. The summed E-state index contributed by atoms with van der Waals surface area (Å²) in [6.45, 7) is 1.33. The van der Waals surface area contributed by atoms with Gasteiger partial charge in [-0.1, -0.05) is 23.7 Å². The lowest BCUT2D eigenvalue weighted by atomic mass is 9.96. The predicted octanol–water partition coefficient (Wildman–Crippen LogP) is 2.51. The minimum Gasteiger partial charge on any atom is -0.392 e. The quantitative estimate of drug-likeness (QED) is 0.837. The van der Waals surface area contributed by atoms with Gasteiger partial charge in [0.25, 0.3) is 0 Å². The van der Waals surface area contributed by atoms with E-state index >= 15 is 0 Å². The van der Waals surface area contributed by atoms with E-state index in [1.165, 1.54) is 5.57 Å². The van der Waals surface area contributed by atoms with Crippen LogP contribution in [0, 0.1) is 0 Å². The summed E-state index contributed by atoms with van der Waals surface area (Å²) in [5.41, 5.74) is 3.30. The molecule has 80 valence electrons. The lowest BCUT2D eigenvalue weighted by Gasteiger charge is -2.19. The maximum atomic E-state index is 9.21. The minimum atomic E-state index is 0.0674. The van der Waals surface area contributed by atoms with Crippen molar-refractivity contribution in [1.29, 1.82) is 0 Å². The van der Waals surface area contributed by atoms with Gasteiger partial charge in [0.05, 0.1) is 19.8 Å². The van der Waals surface area contributed by atoms with Crippen LogP contribution in [0.25, 0.3) is 5.57 Å². The average molecular weight is 225 g/mol. The zero-order chi connectivity index (χ0) is 10.7. The van der Waals surface area contributed by atoms with E-state index in [0.717, 1.165) is 29.2 Å². The Morgan fingerprint density at radius 3 is 2.67 bits per heavy atom. The second kappa shape index (κ2) is 4.79. The molecule has 0 atom stereocenters. The van der Waals surface area contributed by atoms with Crippen molar-refractivity contribution in [3.05, 3.63) is 40.4 Å². The summed E-state index contributed by atoms with van der Waals surface area (Å²) >= 11 is 5.83. The van der Waals surface area contributed by atoms with Crippen LogP contribution in [0.15, 0.2) is 29.8 Å². The number of ether oxygens (including phenoxy) is 1. The highest BCUT2D eigenvalue weighted by molar-refractivity contribution is 6.30. The molecule has 1 aliphatic rings. The molecule has 3 heteroatoms. The molecule has 2 nitrogen and oxygen atoms in total. The smallest absolute Gasteiger partial charge is 0.0704 e. The molecule has 1 aromatic carbocycles. The fourth-order valence-electron chi connectivity index (χ4n) is 1.77. The van der Waals surface area contributed by atoms with Crippen LogP contribution in [0.1, 0.15) is 12.0 Å². The summed E-state index contributed by atoms with van der Waals surface area (Å²) in [6.07, 6.45) is 0.859. The molecule has 0 spiro atoms. The number of hydrogen-bond donors (Lipinski definition) is 1. The zero-order valence-corrected chi connectivity index (χ0v) is 9.13. The lowest BCUT2D eigenvalue weighted by molar-refractivity contribution is 0.143. The molecule has 0 amide bonds. The number of aliphatic hydroxyl groups is 1. The Hall–Kier alpha value is -0.830. The number of benzene rings is 1. The molecule has 0 aromatic heterocycles. The van der Waals surface area contributed by atoms with Gasteiger partial charge in [0.1, 0.15) is 0 Å². The second-order valence-corrected chi connectivity index (χ2v) is 3.99.